The summed E-state index contributed by atoms with van der Waals surface area (Å²) in [6.45, 7) is 0.546. The molecule has 0 aliphatic carbocycles. The van der Waals surface area contributed by atoms with E-state index < -0.39 is 0 Å². The molecule has 1 aliphatic rings. The summed E-state index contributed by atoms with van der Waals surface area (Å²) in [5, 5.41) is 19.2. The van der Waals surface area contributed by atoms with Gasteiger partial charge in [0.2, 0.25) is 0 Å². The van der Waals surface area contributed by atoms with Gasteiger partial charge in [0.05, 0.1) is 13.7 Å². The van der Waals surface area contributed by atoms with Gasteiger partial charge in [-0.15, -0.1) is 0 Å². The molecule has 2 aromatic carbocycles. The summed E-state index contributed by atoms with van der Waals surface area (Å²) in [7, 11) is 1.54. The molecule has 1 atom stereocenters. The SMILES string of the molecule is COc1cc([C@@H]2CCc3ccc(O)cc3OC2)ccc1O. The summed E-state index contributed by atoms with van der Waals surface area (Å²) in [4.78, 5) is 0. The Hall–Kier alpha value is -2.36. The predicted octanol–water partition coefficient (Wildman–Crippen LogP) is 3.22. The topological polar surface area (TPSA) is 58.9 Å². The second kappa shape index (κ2) is 5.56. The lowest BCUT2D eigenvalue weighted by Crippen LogP contribution is -2.08. The second-order valence-electron chi connectivity index (χ2n) is 5.27. The molecule has 4 heteroatoms. The van der Waals surface area contributed by atoms with Gasteiger partial charge in [0.25, 0.3) is 0 Å². The van der Waals surface area contributed by atoms with Crippen LogP contribution in [0.25, 0.3) is 0 Å². The molecule has 110 valence electrons. The third-order valence-electron chi connectivity index (χ3n) is 3.93. The van der Waals surface area contributed by atoms with Gasteiger partial charge >= 0.3 is 0 Å². The van der Waals surface area contributed by atoms with Crippen LogP contribution in [0, 0.1) is 0 Å². The quantitative estimate of drug-likeness (QED) is 0.890. The monoisotopic (exact) mass is 286 g/mol. The average Bonchev–Trinajstić information content (AvgIpc) is 2.70. The number of phenolic OH excluding ortho intramolecular Hbond substituents is 2. The lowest BCUT2D eigenvalue weighted by atomic mass is 9.93. The Morgan fingerprint density at radius 2 is 2.00 bits per heavy atom. The van der Waals surface area contributed by atoms with E-state index >= 15 is 0 Å². The van der Waals surface area contributed by atoms with E-state index in [1.165, 1.54) is 0 Å². The van der Waals surface area contributed by atoms with E-state index in [1.54, 1.807) is 25.3 Å². The van der Waals surface area contributed by atoms with Crippen LogP contribution < -0.4 is 9.47 Å². The van der Waals surface area contributed by atoms with Crippen molar-refractivity contribution in [2.45, 2.75) is 18.8 Å². The molecule has 0 saturated carbocycles. The van der Waals surface area contributed by atoms with E-state index in [0.29, 0.717) is 12.4 Å². The van der Waals surface area contributed by atoms with Crippen molar-refractivity contribution in [3.05, 3.63) is 47.5 Å². The van der Waals surface area contributed by atoms with Gasteiger partial charge in [0.15, 0.2) is 11.5 Å². The molecule has 0 radical (unpaired) electrons. The minimum atomic E-state index is 0.143. The first-order chi connectivity index (χ1) is 10.2. The van der Waals surface area contributed by atoms with Gasteiger partial charge in [-0.1, -0.05) is 12.1 Å². The maximum atomic E-state index is 9.68. The number of methoxy groups -OCH3 is 1. The highest BCUT2D eigenvalue weighted by molar-refractivity contribution is 5.44. The third-order valence-corrected chi connectivity index (χ3v) is 3.93. The maximum Gasteiger partial charge on any atom is 0.160 e. The molecule has 21 heavy (non-hydrogen) atoms. The number of benzene rings is 2. The highest BCUT2D eigenvalue weighted by atomic mass is 16.5. The van der Waals surface area contributed by atoms with Crippen molar-refractivity contribution >= 4 is 0 Å². The number of hydrogen-bond donors (Lipinski definition) is 2. The number of ether oxygens (including phenoxy) is 2. The van der Waals surface area contributed by atoms with E-state index in [2.05, 4.69) is 0 Å². The van der Waals surface area contributed by atoms with Crippen LogP contribution in [0.1, 0.15) is 23.5 Å². The van der Waals surface area contributed by atoms with Crippen LogP contribution in [0.3, 0.4) is 0 Å². The molecule has 0 unspecified atom stereocenters. The number of hydrogen-bond acceptors (Lipinski definition) is 4. The highest BCUT2D eigenvalue weighted by Crippen LogP contribution is 2.35. The first-order valence-electron chi connectivity index (χ1n) is 6.99. The Balaban J connectivity index is 1.83. The number of aryl methyl sites for hydroxylation is 1. The van der Waals surface area contributed by atoms with E-state index in [0.717, 1.165) is 29.7 Å². The zero-order valence-corrected chi connectivity index (χ0v) is 11.9. The van der Waals surface area contributed by atoms with Crippen molar-refractivity contribution in [1.82, 2.24) is 0 Å². The van der Waals surface area contributed by atoms with Crippen molar-refractivity contribution in [1.29, 1.82) is 0 Å². The normalized spacial score (nSPS) is 17.5. The van der Waals surface area contributed by atoms with E-state index in [9.17, 15) is 10.2 Å². The molecule has 1 aliphatic heterocycles. The highest BCUT2D eigenvalue weighted by Gasteiger charge is 2.20. The Morgan fingerprint density at radius 3 is 2.81 bits per heavy atom. The molecule has 2 aromatic rings. The van der Waals surface area contributed by atoms with Gasteiger partial charge in [-0.05, 0) is 42.2 Å². The fraction of sp³-hybridized carbons (Fsp3) is 0.294. The first-order valence-corrected chi connectivity index (χ1v) is 6.99. The molecule has 0 aromatic heterocycles. The summed E-state index contributed by atoms with van der Waals surface area (Å²) in [6.07, 6.45) is 1.84. The summed E-state index contributed by atoms with van der Waals surface area (Å²) in [5.41, 5.74) is 2.20. The number of rotatable bonds is 2. The smallest absolute Gasteiger partial charge is 0.160 e. The predicted molar refractivity (Wildman–Crippen MR) is 79.3 cm³/mol. The lowest BCUT2D eigenvalue weighted by molar-refractivity contribution is 0.291. The molecule has 2 N–H and O–H groups in total. The largest absolute Gasteiger partial charge is 0.508 e. The molecule has 0 amide bonds. The summed E-state index contributed by atoms with van der Waals surface area (Å²) < 4.78 is 11.0. The standard InChI is InChI=1S/C17H18O4/c1-20-17-8-12(5-7-15(17)19)13-3-2-11-4-6-14(18)9-16(11)21-10-13/h4-9,13,18-19H,2-3,10H2,1H3/t13-/m1/s1. The molecule has 1 heterocycles. The molecular formula is C17H18O4. The zero-order valence-electron chi connectivity index (χ0n) is 11.9. The van der Waals surface area contributed by atoms with Crippen molar-refractivity contribution in [3.8, 4) is 23.0 Å². The maximum absolute atomic E-state index is 9.68. The van der Waals surface area contributed by atoms with Crippen LogP contribution in [-0.2, 0) is 6.42 Å². The second-order valence-corrected chi connectivity index (χ2v) is 5.27. The zero-order chi connectivity index (χ0) is 14.8. The van der Waals surface area contributed by atoms with Crippen LogP contribution in [0.15, 0.2) is 36.4 Å². The fourth-order valence-electron chi connectivity index (χ4n) is 2.70. The van der Waals surface area contributed by atoms with Gasteiger partial charge in [-0.2, -0.15) is 0 Å². The molecule has 0 saturated heterocycles. The summed E-state index contributed by atoms with van der Waals surface area (Å²) in [5.74, 6) is 1.83. The van der Waals surface area contributed by atoms with E-state index in [1.807, 2.05) is 18.2 Å². The first kappa shape index (κ1) is 13.6. The molecule has 0 spiro atoms. The molecular weight excluding hydrogens is 268 g/mol. The molecule has 0 bridgehead atoms. The van der Waals surface area contributed by atoms with Crippen LogP contribution in [0.4, 0.5) is 0 Å². The fourth-order valence-corrected chi connectivity index (χ4v) is 2.70. The Morgan fingerprint density at radius 1 is 1.14 bits per heavy atom. The number of aromatic hydroxyl groups is 2. The van der Waals surface area contributed by atoms with Gasteiger partial charge < -0.3 is 19.7 Å². The van der Waals surface area contributed by atoms with Gasteiger partial charge in [0.1, 0.15) is 11.5 Å². The molecule has 4 nitrogen and oxygen atoms in total. The summed E-state index contributed by atoms with van der Waals surface area (Å²) in [6, 6.07) is 10.7. The third kappa shape index (κ3) is 2.75. The van der Waals surface area contributed by atoms with Crippen molar-refractivity contribution in [2.24, 2.45) is 0 Å². The number of phenols is 2. The van der Waals surface area contributed by atoms with E-state index in [4.69, 9.17) is 9.47 Å². The van der Waals surface area contributed by atoms with Crippen molar-refractivity contribution in [2.75, 3.05) is 13.7 Å². The lowest BCUT2D eigenvalue weighted by Gasteiger charge is -2.16. The Labute approximate surface area is 123 Å². The van der Waals surface area contributed by atoms with Gasteiger partial charge in [0, 0.05) is 12.0 Å². The molecule has 3 rings (SSSR count). The van der Waals surface area contributed by atoms with Crippen LogP contribution in [0.2, 0.25) is 0 Å². The van der Waals surface area contributed by atoms with E-state index in [-0.39, 0.29) is 17.4 Å². The van der Waals surface area contributed by atoms with Crippen LogP contribution in [-0.4, -0.2) is 23.9 Å². The minimum absolute atomic E-state index is 0.143. The Bertz CT molecular complexity index is 651. The van der Waals surface area contributed by atoms with Crippen molar-refractivity contribution in [3.63, 3.8) is 0 Å². The van der Waals surface area contributed by atoms with Crippen molar-refractivity contribution < 1.29 is 19.7 Å². The van der Waals surface area contributed by atoms with Gasteiger partial charge in [-0.25, -0.2) is 0 Å². The summed E-state index contributed by atoms with van der Waals surface area (Å²) >= 11 is 0. The number of fused-ring (bicyclic) bond motifs is 1. The average molecular weight is 286 g/mol. The van der Waals surface area contributed by atoms with Crippen LogP contribution in [0.5, 0.6) is 23.0 Å². The Kier molecular flexibility index (Phi) is 3.60. The van der Waals surface area contributed by atoms with Gasteiger partial charge in [-0.3, -0.25) is 0 Å². The molecule has 0 fully saturated rings. The minimum Gasteiger partial charge on any atom is -0.508 e. The van der Waals surface area contributed by atoms with Crippen LogP contribution >= 0.6 is 0 Å².